The van der Waals surface area contributed by atoms with Crippen LogP contribution in [0.5, 0.6) is 0 Å². The van der Waals surface area contributed by atoms with E-state index in [1.807, 2.05) is 12.2 Å². The number of carboxylic acid groups (broad SMARTS) is 1. The Kier molecular flexibility index (Phi) is 3.33. The van der Waals surface area contributed by atoms with Crippen molar-refractivity contribution in [2.45, 2.75) is 19.3 Å². The van der Waals surface area contributed by atoms with Gasteiger partial charge in [-0.25, -0.2) is 4.79 Å². The van der Waals surface area contributed by atoms with Crippen molar-refractivity contribution in [2.75, 3.05) is 0 Å². The van der Waals surface area contributed by atoms with Crippen molar-refractivity contribution in [1.82, 2.24) is 0 Å². The summed E-state index contributed by atoms with van der Waals surface area (Å²) in [7, 11) is 0. The number of allylic oxidation sites excluding steroid dienone is 3. The van der Waals surface area contributed by atoms with Crippen LogP contribution in [0.25, 0.3) is 0 Å². The van der Waals surface area contributed by atoms with Crippen LogP contribution in [0.3, 0.4) is 0 Å². The third-order valence-electron chi connectivity index (χ3n) is 2.14. The lowest BCUT2D eigenvalue weighted by Gasteiger charge is -2.16. The fourth-order valence-electron chi connectivity index (χ4n) is 1.49. The minimum absolute atomic E-state index is 0.00213. The van der Waals surface area contributed by atoms with Crippen LogP contribution in [0, 0.1) is 18.3 Å². The van der Waals surface area contributed by atoms with E-state index in [1.165, 1.54) is 6.08 Å². The van der Waals surface area contributed by atoms with Gasteiger partial charge in [-0.15, -0.1) is 6.42 Å². The number of carbonyl (C=O) groups is 1. The highest BCUT2D eigenvalue weighted by molar-refractivity contribution is 5.88. The Morgan fingerprint density at radius 1 is 1.69 bits per heavy atom. The summed E-state index contributed by atoms with van der Waals surface area (Å²) < 4.78 is 0. The number of rotatable bonds is 2. The molecule has 0 fully saturated rings. The second-order valence-electron chi connectivity index (χ2n) is 3.04. The van der Waals surface area contributed by atoms with E-state index in [0.29, 0.717) is 5.57 Å². The van der Waals surface area contributed by atoms with Gasteiger partial charge in [0.05, 0.1) is 5.57 Å². The number of terminal acetylenes is 1. The van der Waals surface area contributed by atoms with Gasteiger partial charge in [-0.1, -0.05) is 18.1 Å². The molecule has 0 radical (unpaired) electrons. The van der Waals surface area contributed by atoms with Gasteiger partial charge in [-0.05, 0) is 25.3 Å². The lowest BCUT2D eigenvalue weighted by molar-refractivity contribution is -0.133. The molecular formula is C11H12O2. The first-order valence-electron chi connectivity index (χ1n) is 4.32. The Morgan fingerprint density at radius 3 is 2.92 bits per heavy atom. The van der Waals surface area contributed by atoms with Gasteiger partial charge in [-0.3, -0.25) is 0 Å². The maximum Gasteiger partial charge on any atom is 0.332 e. The molecule has 2 heteroatoms. The predicted octanol–water partition coefficient (Wildman–Crippen LogP) is 1.99. The third-order valence-corrected chi connectivity index (χ3v) is 2.14. The van der Waals surface area contributed by atoms with Crippen molar-refractivity contribution in [3.8, 4) is 12.3 Å². The lowest BCUT2D eigenvalue weighted by atomic mass is 9.89. The van der Waals surface area contributed by atoms with E-state index in [0.717, 1.165) is 19.3 Å². The molecule has 0 aliphatic heterocycles. The van der Waals surface area contributed by atoms with E-state index in [9.17, 15) is 4.79 Å². The SMILES string of the molecule is C#CC=C(C(=O)O)C1C=CCCC1. The topological polar surface area (TPSA) is 37.3 Å². The molecule has 1 rings (SSSR count). The summed E-state index contributed by atoms with van der Waals surface area (Å²) in [6.07, 6.45) is 13.3. The molecule has 68 valence electrons. The summed E-state index contributed by atoms with van der Waals surface area (Å²) >= 11 is 0. The smallest absolute Gasteiger partial charge is 0.332 e. The van der Waals surface area contributed by atoms with E-state index in [2.05, 4.69) is 5.92 Å². The van der Waals surface area contributed by atoms with Crippen LogP contribution in [-0.2, 0) is 4.79 Å². The average Bonchev–Trinajstić information content (AvgIpc) is 2.15. The van der Waals surface area contributed by atoms with Gasteiger partial charge < -0.3 is 5.11 Å². The number of hydrogen-bond donors (Lipinski definition) is 1. The van der Waals surface area contributed by atoms with E-state index in [4.69, 9.17) is 11.5 Å². The second-order valence-corrected chi connectivity index (χ2v) is 3.04. The molecule has 1 aliphatic carbocycles. The maximum atomic E-state index is 10.8. The Balaban J connectivity index is 2.82. The zero-order valence-electron chi connectivity index (χ0n) is 7.36. The fraction of sp³-hybridized carbons (Fsp3) is 0.364. The summed E-state index contributed by atoms with van der Waals surface area (Å²) in [6.45, 7) is 0. The summed E-state index contributed by atoms with van der Waals surface area (Å²) in [5.74, 6) is 1.36. The van der Waals surface area contributed by atoms with Gasteiger partial charge in [0.2, 0.25) is 0 Å². The first-order valence-corrected chi connectivity index (χ1v) is 4.32. The monoisotopic (exact) mass is 176 g/mol. The Morgan fingerprint density at radius 2 is 2.46 bits per heavy atom. The standard InChI is InChI=1S/C11H12O2/c1-2-6-10(11(12)13)9-7-4-3-5-8-9/h1,4,6-7,9H,3,5,8H2,(H,12,13). The molecule has 0 spiro atoms. The van der Waals surface area contributed by atoms with Crippen LogP contribution in [-0.4, -0.2) is 11.1 Å². The van der Waals surface area contributed by atoms with Gasteiger partial charge in [0.15, 0.2) is 0 Å². The van der Waals surface area contributed by atoms with Crippen molar-refractivity contribution in [1.29, 1.82) is 0 Å². The number of hydrogen-bond acceptors (Lipinski definition) is 1. The number of carboxylic acids is 1. The van der Waals surface area contributed by atoms with Crippen LogP contribution >= 0.6 is 0 Å². The van der Waals surface area contributed by atoms with Crippen LogP contribution in [0.4, 0.5) is 0 Å². The van der Waals surface area contributed by atoms with Crippen molar-refractivity contribution < 1.29 is 9.90 Å². The molecule has 2 nitrogen and oxygen atoms in total. The highest BCUT2D eigenvalue weighted by Crippen LogP contribution is 2.24. The van der Waals surface area contributed by atoms with Crippen LogP contribution in [0.1, 0.15) is 19.3 Å². The normalized spacial score (nSPS) is 22.4. The largest absolute Gasteiger partial charge is 0.478 e. The van der Waals surface area contributed by atoms with Gasteiger partial charge in [0.25, 0.3) is 0 Å². The minimum Gasteiger partial charge on any atom is -0.478 e. The molecule has 1 N–H and O–H groups in total. The molecule has 0 saturated heterocycles. The van der Waals surface area contributed by atoms with Gasteiger partial charge in [-0.2, -0.15) is 0 Å². The molecule has 0 aromatic heterocycles. The fourth-order valence-corrected chi connectivity index (χ4v) is 1.49. The van der Waals surface area contributed by atoms with E-state index in [1.54, 1.807) is 0 Å². The van der Waals surface area contributed by atoms with Crippen molar-refractivity contribution >= 4 is 5.97 Å². The summed E-state index contributed by atoms with van der Waals surface area (Å²) in [5, 5.41) is 8.86. The molecule has 0 saturated carbocycles. The predicted molar refractivity (Wildman–Crippen MR) is 51.0 cm³/mol. The Bertz CT molecular complexity index is 292. The van der Waals surface area contributed by atoms with Gasteiger partial charge in [0, 0.05) is 5.92 Å². The minimum atomic E-state index is -0.908. The molecule has 0 bridgehead atoms. The van der Waals surface area contributed by atoms with Crippen LogP contribution in [0.2, 0.25) is 0 Å². The average molecular weight is 176 g/mol. The quantitative estimate of drug-likeness (QED) is 0.397. The summed E-state index contributed by atoms with van der Waals surface area (Å²) in [4.78, 5) is 10.8. The molecule has 0 aromatic rings. The molecule has 0 aromatic carbocycles. The van der Waals surface area contributed by atoms with E-state index >= 15 is 0 Å². The zero-order valence-corrected chi connectivity index (χ0v) is 7.36. The maximum absolute atomic E-state index is 10.8. The zero-order chi connectivity index (χ0) is 9.68. The van der Waals surface area contributed by atoms with E-state index in [-0.39, 0.29) is 5.92 Å². The molecule has 13 heavy (non-hydrogen) atoms. The summed E-state index contributed by atoms with van der Waals surface area (Å²) in [6, 6.07) is 0. The molecule has 1 atom stereocenters. The number of aliphatic carboxylic acids is 1. The third kappa shape index (κ3) is 2.48. The summed E-state index contributed by atoms with van der Waals surface area (Å²) in [5.41, 5.74) is 0.332. The van der Waals surface area contributed by atoms with Crippen LogP contribution < -0.4 is 0 Å². The van der Waals surface area contributed by atoms with Crippen molar-refractivity contribution in [3.05, 3.63) is 23.8 Å². The molecule has 0 heterocycles. The molecule has 1 aliphatic rings. The Hall–Kier alpha value is -1.49. The first kappa shape index (κ1) is 9.60. The van der Waals surface area contributed by atoms with Gasteiger partial charge in [0.1, 0.15) is 0 Å². The van der Waals surface area contributed by atoms with Crippen LogP contribution in [0.15, 0.2) is 23.8 Å². The molecule has 0 amide bonds. The molecular weight excluding hydrogens is 164 g/mol. The molecule has 1 unspecified atom stereocenters. The first-order chi connectivity index (χ1) is 6.25. The highest BCUT2D eigenvalue weighted by atomic mass is 16.4. The lowest BCUT2D eigenvalue weighted by Crippen LogP contribution is -2.12. The van der Waals surface area contributed by atoms with E-state index < -0.39 is 5.97 Å². The highest BCUT2D eigenvalue weighted by Gasteiger charge is 2.18. The van der Waals surface area contributed by atoms with Crippen molar-refractivity contribution in [3.63, 3.8) is 0 Å². The van der Waals surface area contributed by atoms with Gasteiger partial charge >= 0.3 is 5.97 Å². The second kappa shape index (κ2) is 4.51. The Labute approximate surface area is 78.0 Å². The van der Waals surface area contributed by atoms with Crippen molar-refractivity contribution in [2.24, 2.45) is 5.92 Å².